The summed E-state index contributed by atoms with van der Waals surface area (Å²) in [6.45, 7) is 0.443. The molecule has 0 bridgehead atoms. The van der Waals surface area contributed by atoms with Crippen LogP contribution in [0.1, 0.15) is 17.2 Å². The second-order valence-electron chi connectivity index (χ2n) is 4.82. The maximum Gasteiger partial charge on any atom is 0.288 e. The summed E-state index contributed by atoms with van der Waals surface area (Å²) in [5.74, 6) is -1.74. The first-order chi connectivity index (χ1) is 10.6. The molecule has 7 heteroatoms. The number of ether oxygens (including phenoxy) is 1. The molecule has 22 heavy (non-hydrogen) atoms. The second-order valence-corrected chi connectivity index (χ2v) is 4.82. The van der Waals surface area contributed by atoms with Crippen LogP contribution in [0.15, 0.2) is 36.7 Å². The van der Waals surface area contributed by atoms with E-state index < -0.39 is 17.6 Å². The smallest absolute Gasteiger partial charge is 0.288 e. The lowest BCUT2D eigenvalue weighted by Gasteiger charge is -2.08. The van der Waals surface area contributed by atoms with E-state index in [1.165, 1.54) is 24.5 Å². The quantitative estimate of drug-likeness (QED) is 0.851. The van der Waals surface area contributed by atoms with E-state index in [0.29, 0.717) is 11.6 Å². The van der Waals surface area contributed by atoms with Gasteiger partial charge in [0, 0.05) is 12.6 Å². The molecule has 0 radical (unpaired) electrons. The number of halogens is 1. The Hall–Kier alpha value is -2.83. The summed E-state index contributed by atoms with van der Waals surface area (Å²) in [6.07, 6.45) is 1.28. The van der Waals surface area contributed by atoms with Crippen LogP contribution >= 0.6 is 0 Å². The summed E-state index contributed by atoms with van der Waals surface area (Å²) in [4.78, 5) is 30.9. The van der Waals surface area contributed by atoms with Gasteiger partial charge in [-0.1, -0.05) is 12.1 Å². The number of carbonyl (C=O) groups excluding carboxylic acids is 2. The van der Waals surface area contributed by atoms with Gasteiger partial charge in [-0.2, -0.15) is 0 Å². The van der Waals surface area contributed by atoms with Crippen LogP contribution in [0.25, 0.3) is 0 Å². The van der Waals surface area contributed by atoms with Gasteiger partial charge in [-0.05, 0) is 17.7 Å². The SMILES string of the molecule is O=C1NCC(c2cc(OCc3ccc(F)cc3)ncn2)C1=O. The number of nitrogens with one attached hydrogen (secondary N) is 1. The number of carbonyl (C=O) groups is 2. The first kappa shape index (κ1) is 14.1. The first-order valence-electron chi connectivity index (χ1n) is 6.65. The monoisotopic (exact) mass is 301 g/mol. The van der Waals surface area contributed by atoms with E-state index in [0.717, 1.165) is 5.56 Å². The Morgan fingerprint density at radius 2 is 2.00 bits per heavy atom. The third-order valence-electron chi connectivity index (χ3n) is 3.33. The number of hydrogen-bond acceptors (Lipinski definition) is 5. The fourth-order valence-corrected chi connectivity index (χ4v) is 2.13. The van der Waals surface area contributed by atoms with Crippen LogP contribution in [0.5, 0.6) is 5.88 Å². The zero-order chi connectivity index (χ0) is 15.5. The highest BCUT2D eigenvalue weighted by atomic mass is 19.1. The Morgan fingerprint density at radius 1 is 1.23 bits per heavy atom. The van der Waals surface area contributed by atoms with E-state index in [4.69, 9.17) is 4.74 Å². The molecule has 0 spiro atoms. The van der Waals surface area contributed by atoms with Crippen molar-refractivity contribution >= 4 is 11.7 Å². The third-order valence-corrected chi connectivity index (χ3v) is 3.33. The summed E-state index contributed by atoms with van der Waals surface area (Å²) in [5.41, 5.74) is 1.22. The van der Waals surface area contributed by atoms with Crippen LogP contribution in [0, 0.1) is 5.82 Å². The maximum absolute atomic E-state index is 12.8. The summed E-state index contributed by atoms with van der Waals surface area (Å²) in [7, 11) is 0. The minimum atomic E-state index is -0.608. The van der Waals surface area contributed by atoms with E-state index in [9.17, 15) is 14.0 Å². The molecule has 2 heterocycles. The molecule has 1 amide bonds. The molecule has 0 saturated carbocycles. The van der Waals surface area contributed by atoms with E-state index in [-0.39, 0.29) is 19.0 Å². The number of nitrogens with zero attached hydrogens (tertiary/aromatic N) is 2. The van der Waals surface area contributed by atoms with Gasteiger partial charge in [0.1, 0.15) is 18.8 Å². The van der Waals surface area contributed by atoms with Crippen LogP contribution in [0.3, 0.4) is 0 Å². The van der Waals surface area contributed by atoms with Crippen molar-refractivity contribution < 1.29 is 18.7 Å². The fraction of sp³-hybridized carbons (Fsp3) is 0.200. The molecule has 1 aromatic heterocycles. The number of benzene rings is 1. The van der Waals surface area contributed by atoms with E-state index >= 15 is 0 Å². The van der Waals surface area contributed by atoms with Crippen molar-refractivity contribution in [2.75, 3.05) is 6.54 Å². The van der Waals surface area contributed by atoms with Crippen LogP contribution in [0.4, 0.5) is 4.39 Å². The zero-order valence-corrected chi connectivity index (χ0v) is 11.5. The van der Waals surface area contributed by atoms with Crippen molar-refractivity contribution in [1.29, 1.82) is 0 Å². The average Bonchev–Trinajstić information content (AvgIpc) is 2.87. The minimum Gasteiger partial charge on any atom is -0.473 e. The van der Waals surface area contributed by atoms with E-state index in [1.54, 1.807) is 12.1 Å². The molecule has 0 aliphatic carbocycles. The number of aromatic nitrogens is 2. The maximum atomic E-state index is 12.8. The Labute approximate surface area is 125 Å². The number of hydrogen-bond donors (Lipinski definition) is 1. The zero-order valence-electron chi connectivity index (χ0n) is 11.5. The molecule has 1 atom stereocenters. The summed E-state index contributed by atoms with van der Waals surface area (Å²) < 4.78 is 18.3. The molecule has 2 aromatic rings. The summed E-state index contributed by atoms with van der Waals surface area (Å²) in [6, 6.07) is 7.45. The summed E-state index contributed by atoms with van der Waals surface area (Å²) >= 11 is 0. The van der Waals surface area contributed by atoms with Crippen LogP contribution in [-0.4, -0.2) is 28.2 Å². The predicted molar refractivity (Wildman–Crippen MR) is 73.5 cm³/mol. The van der Waals surface area contributed by atoms with Gasteiger partial charge in [0.15, 0.2) is 0 Å². The normalized spacial score (nSPS) is 17.4. The Morgan fingerprint density at radius 3 is 2.68 bits per heavy atom. The lowest BCUT2D eigenvalue weighted by atomic mass is 10.0. The third kappa shape index (κ3) is 2.93. The van der Waals surface area contributed by atoms with Gasteiger partial charge in [0.25, 0.3) is 5.91 Å². The van der Waals surface area contributed by atoms with Crippen LogP contribution in [-0.2, 0) is 16.2 Å². The second kappa shape index (κ2) is 5.88. The van der Waals surface area contributed by atoms with Crippen LogP contribution in [0.2, 0.25) is 0 Å². The van der Waals surface area contributed by atoms with Crippen molar-refractivity contribution in [2.24, 2.45) is 0 Å². The lowest BCUT2D eigenvalue weighted by Crippen LogP contribution is -2.18. The Balaban J connectivity index is 1.70. The molecule has 1 fully saturated rings. The average molecular weight is 301 g/mol. The number of ketones is 1. The van der Waals surface area contributed by atoms with E-state index in [1.807, 2.05) is 0 Å². The van der Waals surface area contributed by atoms with Gasteiger partial charge in [0.05, 0.1) is 11.6 Å². The van der Waals surface area contributed by atoms with Crippen molar-refractivity contribution in [3.8, 4) is 5.88 Å². The van der Waals surface area contributed by atoms with Crippen molar-refractivity contribution in [3.05, 3.63) is 53.7 Å². The van der Waals surface area contributed by atoms with Gasteiger partial charge in [0.2, 0.25) is 11.7 Å². The van der Waals surface area contributed by atoms with Gasteiger partial charge in [-0.15, -0.1) is 0 Å². The van der Waals surface area contributed by atoms with Gasteiger partial charge in [-0.25, -0.2) is 14.4 Å². The van der Waals surface area contributed by atoms with Crippen LogP contribution < -0.4 is 10.1 Å². The van der Waals surface area contributed by atoms with Crippen molar-refractivity contribution in [2.45, 2.75) is 12.5 Å². The molecule has 1 aliphatic rings. The summed E-state index contributed by atoms with van der Waals surface area (Å²) in [5, 5.41) is 2.48. The highest BCUT2D eigenvalue weighted by Gasteiger charge is 2.34. The first-order valence-corrected chi connectivity index (χ1v) is 6.65. The molecular weight excluding hydrogens is 289 g/mol. The van der Waals surface area contributed by atoms with Crippen molar-refractivity contribution in [3.63, 3.8) is 0 Å². The number of rotatable bonds is 4. The molecule has 1 unspecified atom stereocenters. The van der Waals surface area contributed by atoms with Gasteiger partial charge < -0.3 is 10.1 Å². The lowest BCUT2D eigenvalue weighted by molar-refractivity contribution is -0.135. The van der Waals surface area contributed by atoms with Crippen molar-refractivity contribution in [1.82, 2.24) is 15.3 Å². The molecular formula is C15H12FN3O3. The minimum absolute atomic E-state index is 0.215. The molecule has 1 N–H and O–H groups in total. The highest BCUT2D eigenvalue weighted by Crippen LogP contribution is 2.21. The highest BCUT2D eigenvalue weighted by molar-refractivity contribution is 6.40. The topological polar surface area (TPSA) is 81.2 Å². The Bertz CT molecular complexity index is 718. The fourth-order valence-electron chi connectivity index (χ4n) is 2.13. The standard InChI is InChI=1S/C15H12FN3O3/c16-10-3-1-9(2-4-10)7-22-13-5-12(18-8-19-13)11-6-17-15(21)14(11)20/h1-5,8,11H,6-7H2,(H,17,21). The number of Topliss-reactive ketones (excluding diaryl/α,β-unsaturated/α-hetero) is 1. The van der Waals surface area contributed by atoms with Gasteiger partial charge >= 0.3 is 0 Å². The molecule has 1 aromatic carbocycles. The van der Waals surface area contributed by atoms with E-state index in [2.05, 4.69) is 15.3 Å². The molecule has 1 saturated heterocycles. The molecule has 3 rings (SSSR count). The molecule has 1 aliphatic heterocycles. The Kier molecular flexibility index (Phi) is 3.78. The van der Waals surface area contributed by atoms with Gasteiger partial charge in [-0.3, -0.25) is 9.59 Å². The molecule has 112 valence electrons. The number of amides is 1. The predicted octanol–water partition coefficient (Wildman–Crippen LogP) is 0.977. The molecule has 6 nitrogen and oxygen atoms in total. The largest absolute Gasteiger partial charge is 0.473 e.